The number of hydrogen-bond donors (Lipinski definition) is 1. The summed E-state index contributed by atoms with van der Waals surface area (Å²) in [6.45, 7) is 2.78. The van der Waals surface area contributed by atoms with Gasteiger partial charge in [-0.05, 0) is 37.9 Å². The summed E-state index contributed by atoms with van der Waals surface area (Å²) in [7, 11) is 0. The van der Waals surface area contributed by atoms with Crippen LogP contribution in [0.5, 0.6) is 0 Å². The molecule has 1 aromatic carbocycles. The number of benzene rings is 1. The molecule has 0 amide bonds. The fraction of sp³-hybridized carbons (Fsp3) is 0.429. The first-order valence-corrected chi connectivity index (χ1v) is 6.55. The number of hydrogen-bond acceptors (Lipinski definition) is 4. The summed E-state index contributed by atoms with van der Waals surface area (Å²) in [5, 5.41) is 7.30. The van der Waals surface area contributed by atoms with Gasteiger partial charge in [0.05, 0.1) is 0 Å². The van der Waals surface area contributed by atoms with Crippen molar-refractivity contribution in [2.75, 3.05) is 6.54 Å². The molecule has 1 aliphatic rings. The summed E-state index contributed by atoms with van der Waals surface area (Å²) in [5.41, 5.74) is 1.26. The summed E-state index contributed by atoms with van der Waals surface area (Å²) >= 11 is 0. The number of rotatable bonds is 3. The maximum atomic E-state index is 13.5. The first-order chi connectivity index (χ1) is 9.22. The van der Waals surface area contributed by atoms with Crippen molar-refractivity contribution in [2.24, 2.45) is 0 Å². The second kappa shape index (κ2) is 6.33. The van der Waals surface area contributed by atoms with Gasteiger partial charge in [-0.25, -0.2) is 4.39 Å². The fourth-order valence-electron chi connectivity index (χ4n) is 2.33. The van der Waals surface area contributed by atoms with Crippen LogP contribution >= 0.6 is 12.4 Å². The predicted octanol–water partition coefficient (Wildman–Crippen LogP) is 2.90. The van der Waals surface area contributed by atoms with E-state index < -0.39 is 0 Å². The van der Waals surface area contributed by atoms with Gasteiger partial charge < -0.3 is 9.84 Å². The molecule has 1 N–H and O–H groups in total. The normalized spacial score (nSPS) is 18.0. The van der Waals surface area contributed by atoms with Crippen LogP contribution in [0, 0.1) is 12.7 Å². The van der Waals surface area contributed by atoms with Crippen molar-refractivity contribution in [3.63, 3.8) is 0 Å². The summed E-state index contributed by atoms with van der Waals surface area (Å²) in [6.07, 6.45) is 3.06. The van der Waals surface area contributed by atoms with Crippen LogP contribution in [0.4, 0.5) is 4.39 Å². The Hall–Kier alpha value is -1.46. The molecule has 1 aliphatic heterocycles. The topological polar surface area (TPSA) is 51.0 Å². The van der Waals surface area contributed by atoms with Crippen LogP contribution in [0.2, 0.25) is 0 Å². The molecule has 0 radical (unpaired) electrons. The minimum Gasteiger partial charge on any atom is -0.339 e. The van der Waals surface area contributed by atoms with Gasteiger partial charge in [-0.1, -0.05) is 17.3 Å². The summed E-state index contributed by atoms with van der Waals surface area (Å²) < 4.78 is 18.7. The maximum Gasteiger partial charge on any atom is 0.228 e. The predicted molar refractivity (Wildman–Crippen MR) is 76.4 cm³/mol. The molecule has 108 valence electrons. The Balaban J connectivity index is 0.00000147. The standard InChI is InChI=1S/C14H16FN3O.ClH/c1-9-4-5-10(7-12(9)15)14-17-13(19-18-14)8-11-3-2-6-16-11;/h4-5,7,11,16H,2-3,6,8H2,1H3;1H. The van der Waals surface area contributed by atoms with Crippen molar-refractivity contribution in [2.45, 2.75) is 32.2 Å². The highest BCUT2D eigenvalue weighted by Gasteiger charge is 2.18. The lowest BCUT2D eigenvalue weighted by Gasteiger charge is -2.04. The molecule has 0 spiro atoms. The van der Waals surface area contributed by atoms with Gasteiger partial charge in [0.2, 0.25) is 11.7 Å². The molecule has 0 bridgehead atoms. The zero-order valence-corrected chi connectivity index (χ0v) is 12.0. The van der Waals surface area contributed by atoms with E-state index >= 15 is 0 Å². The van der Waals surface area contributed by atoms with Crippen LogP contribution in [0.25, 0.3) is 11.4 Å². The fourth-order valence-corrected chi connectivity index (χ4v) is 2.33. The lowest BCUT2D eigenvalue weighted by molar-refractivity contribution is 0.364. The number of aryl methyl sites for hydroxylation is 1. The van der Waals surface area contributed by atoms with Crippen molar-refractivity contribution in [1.82, 2.24) is 15.5 Å². The van der Waals surface area contributed by atoms with Gasteiger partial charge in [-0.2, -0.15) is 4.98 Å². The Morgan fingerprint density at radius 3 is 3.00 bits per heavy atom. The SMILES string of the molecule is Cc1ccc(-c2noc(CC3CCCN3)n2)cc1F.Cl. The van der Waals surface area contributed by atoms with Gasteiger partial charge in [-0.15, -0.1) is 12.4 Å². The van der Waals surface area contributed by atoms with Gasteiger partial charge in [-0.3, -0.25) is 0 Å². The van der Waals surface area contributed by atoms with Crippen LogP contribution < -0.4 is 5.32 Å². The van der Waals surface area contributed by atoms with E-state index in [0.29, 0.717) is 28.9 Å². The molecule has 2 aromatic rings. The van der Waals surface area contributed by atoms with E-state index in [1.54, 1.807) is 19.1 Å². The van der Waals surface area contributed by atoms with E-state index in [0.717, 1.165) is 19.4 Å². The van der Waals surface area contributed by atoms with Crippen molar-refractivity contribution < 1.29 is 8.91 Å². The zero-order valence-electron chi connectivity index (χ0n) is 11.2. The minimum atomic E-state index is -0.249. The van der Waals surface area contributed by atoms with Gasteiger partial charge in [0, 0.05) is 18.0 Å². The number of aromatic nitrogens is 2. The lowest BCUT2D eigenvalue weighted by Crippen LogP contribution is -2.23. The van der Waals surface area contributed by atoms with Crippen molar-refractivity contribution >= 4 is 12.4 Å². The van der Waals surface area contributed by atoms with E-state index in [9.17, 15) is 4.39 Å². The van der Waals surface area contributed by atoms with Crippen molar-refractivity contribution in [3.05, 3.63) is 35.5 Å². The largest absolute Gasteiger partial charge is 0.339 e. The lowest BCUT2D eigenvalue weighted by atomic mass is 10.1. The van der Waals surface area contributed by atoms with E-state index in [2.05, 4.69) is 15.5 Å². The second-order valence-electron chi connectivity index (χ2n) is 4.97. The molecule has 1 saturated heterocycles. The van der Waals surface area contributed by atoms with E-state index in [1.165, 1.54) is 12.5 Å². The highest BCUT2D eigenvalue weighted by molar-refractivity contribution is 5.85. The second-order valence-corrected chi connectivity index (χ2v) is 4.97. The number of halogens is 2. The summed E-state index contributed by atoms with van der Waals surface area (Å²) in [6, 6.07) is 5.39. The Labute approximate surface area is 123 Å². The Kier molecular flexibility index (Phi) is 4.73. The number of nitrogens with zero attached hydrogens (tertiary/aromatic N) is 2. The van der Waals surface area contributed by atoms with E-state index in [-0.39, 0.29) is 18.2 Å². The molecule has 2 heterocycles. The molecular weight excluding hydrogens is 281 g/mol. The smallest absolute Gasteiger partial charge is 0.228 e. The first kappa shape index (κ1) is 14.9. The van der Waals surface area contributed by atoms with Crippen LogP contribution in [0.15, 0.2) is 22.7 Å². The van der Waals surface area contributed by atoms with Crippen LogP contribution in [0.1, 0.15) is 24.3 Å². The molecule has 3 rings (SSSR count). The average Bonchev–Trinajstić information content (AvgIpc) is 3.05. The molecule has 1 unspecified atom stereocenters. The molecular formula is C14H17ClFN3O. The van der Waals surface area contributed by atoms with Gasteiger partial charge in [0.1, 0.15) is 5.82 Å². The van der Waals surface area contributed by atoms with Gasteiger partial charge in [0.25, 0.3) is 0 Å². The minimum absolute atomic E-state index is 0. The molecule has 1 fully saturated rings. The third-order valence-electron chi connectivity index (χ3n) is 3.48. The summed E-state index contributed by atoms with van der Waals surface area (Å²) in [4.78, 5) is 4.33. The van der Waals surface area contributed by atoms with Crippen molar-refractivity contribution in [3.8, 4) is 11.4 Å². The summed E-state index contributed by atoms with van der Waals surface area (Å²) in [5.74, 6) is 0.809. The zero-order chi connectivity index (χ0) is 13.2. The van der Waals surface area contributed by atoms with E-state index in [1.807, 2.05) is 0 Å². The van der Waals surface area contributed by atoms with E-state index in [4.69, 9.17) is 4.52 Å². The molecule has 4 nitrogen and oxygen atoms in total. The van der Waals surface area contributed by atoms with Crippen LogP contribution in [-0.2, 0) is 6.42 Å². The number of nitrogens with one attached hydrogen (secondary N) is 1. The molecule has 6 heteroatoms. The third kappa shape index (κ3) is 3.16. The van der Waals surface area contributed by atoms with Gasteiger partial charge in [0.15, 0.2) is 0 Å². The molecule has 20 heavy (non-hydrogen) atoms. The van der Waals surface area contributed by atoms with Crippen LogP contribution in [-0.4, -0.2) is 22.7 Å². The monoisotopic (exact) mass is 297 g/mol. The van der Waals surface area contributed by atoms with Crippen LogP contribution in [0.3, 0.4) is 0 Å². The Morgan fingerprint density at radius 1 is 1.45 bits per heavy atom. The average molecular weight is 298 g/mol. The highest BCUT2D eigenvalue weighted by Crippen LogP contribution is 2.20. The molecule has 0 aliphatic carbocycles. The Morgan fingerprint density at radius 2 is 2.30 bits per heavy atom. The Bertz CT molecular complexity index is 582. The molecule has 1 atom stereocenters. The third-order valence-corrected chi connectivity index (χ3v) is 3.48. The van der Waals surface area contributed by atoms with Crippen molar-refractivity contribution in [1.29, 1.82) is 0 Å². The molecule has 0 saturated carbocycles. The first-order valence-electron chi connectivity index (χ1n) is 6.55. The van der Waals surface area contributed by atoms with Gasteiger partial charge >= 0.3 is 0 Å². The highest BCUT2D eigenvalue weighted by atomic mass is 35.5. The molecule has 1 aromatic heterocycles. The quantitative estimate of drug-likeness (QED) is 0.946. The maximum absolute atomic E-state index is 13.5.